The van der Waals surface area contributed by atoms with Crippen LogP contribution < -0.4 is 5.56 Å². The number of carbonyl (C=O) groups is 1. The van der Waals surface area contributed by atoms with Gasteiger partial charge in [0.2, 0.25) is 0 Å². The van der Waals surface area contributed by atoms with Crippen LogP contribution in [-0.4, -0.2) is 35.5 Å². The number of benzene rings is 1. The van der Waals surface area contributed by atoms with Gasteiger partial charge < -0.3 is 14.6 Å². The number of hydrogen-bond acceptors (Lipinski definition) is 3. The van der Waals surface area contributed by atoms with Crippen LogP contribution in [0.2, 0.25) is 5.02 Å². The summed E-state index contributed by atoms with van der Waals surface area (Å²) < 4.78 is 5.83. The van der Waals surface area contributed by atoms with E-state index in [1.807, 2.05) is 12.1 Å². The smallest absolute Gasteiger partial charge is 0.266 e. The number of amides is 1. The summed E-state index contributed by atoms with van der Waals surface area (Å²) in [5.41, 5.74) is 2.41. The molecule has 1 amide bonds. The predicted molar refractivity (Wildman–Crippen MR) is 87.8 cm³/mol. The van der Waals surface area contributed by atoms with Crippen molar-refractivity contribution in [3.05, 3.63) is 68.6 Å². The third-order valence-electron chi connectivity index (χ3n) is 3.97. The molecule has 3 rings (SSSR count). The number of fused-ring (bicyclic) bond motifs is 1. The third kappa shape index (κ3) is 3.46. The maximum Gasteiger partial charge on any atom is 0.266 e. The molecule has 1 aromatic carbocycles. The van der Waals surface area contributed by atoms with Crippen LogP contribution in [0.3, 0.4) is 0 Å². The Morgan fingerprint density at radius 3 is 2.87 bits per heavy atom. The molecule has 1 atom stereocenters. The number of rotatable bonds is 3. The van der Waals surface area contributed by atoms with Gasteiger partial charge in [0, 0.05) is 26.2 Å². The van der Waals surface area contributed by atoms with Crippen molar-refractivity contribution in [3.8, 4) is 0 Å². The fourth-order valence-electron chi connectivity index (χ4n) is 2.71. The standard InChI is InChI=1S/C17H17ClN2O3/c1-20(17(22)13-7-15(18)16(21)19-8-13)9-14-6-11-4-2-3-5-12(11)10-23-14/h2-5,7-8,14H,6,9-10H2,1H3,(H,19,21). The molecular formula is C17H17ClN2O3. The lowest BCUT2D eigenvalue weighted by Crippen LogP contribution is -2.38. The SMILES string of the molecule is CN(CC1Cc2ccccc2CO1)C(=O)c1c[nH]c(=O)c(Cl)c1. The van der Waals surface area contributed by atoms with Gasteiger partial charge in [-0.2, -0.15) is 0 Å². The molecule has 1 aliphatic rings. The summed E-state index contributed by atoms with van der Waals surface area (Å²) in [6.07, 6.45) is 2.11. The molecule has 0 saturated heterocycles. The highest BCUT2D eigenvalue weighted by Crippen LogP contribution is 2.21. The van der Waals surface area contributed by atoms with Gasteiger partial charge in [-0.1, -0.05) is 35.9 Å². The molecule has 2 heterocycles. The molecule has 1 aromatic heterocycles. The van der Waals surface area contributed by atoms with Crippen molar-refractivity contribution in [3.63, 3.8) is 0 Å². The van der Waals surface area contributed by atoms with Crippen molar-refractivity contribution in [2.24, 2.45) is 0 Å². The second kappa shape index (κ2) is 6.56. The summed E-state index contributed by atoms with van der Waals surface area (Å²) >= 11 is 5.77. The number of likely N-dealkylation sites (N-methyl/N-ethyl adjacent to an activating group) is 1. The quantitative estimate of drug-likeness (QED) is 0.937. The fourth-order valence-corrected chi connectivity index (χ4v) is 2.89. The Balaban J connectivity index is 1.67. The molecule has 5 nitrogen and oxygen atoms in total. The second-order valence-electron chi connectivity index (χ2n) is 5.66. The molecule has 6 heteroatoms. The highest BCUT2D eigenvalue weighted by atomic mass is 35.5. The van der Waals surface area contributed by atoms with E-state index in [1.165, 1.54) is 23.4 Å². The number of pyridine rings is 1. The number of hydrogen-bond donors (Lipinski definition) is 1. The molecule has 0 saturated carbocycles. The number of H-pyrrole nitrogens is 1. The van der Waals surface area contributed by atoms with Gasteiger partial charge in [0.05, 0.1) is 18.3 Å². The zero-order valence-corrected chi connectivity index (χ0v) is 13.5. The highest BCUT2D eigenvalue weighted by Gasteiger charge is 2.22. The Morgan fingerprint density at radius 2 is 2.13 bits per heavy atom. The first-order chi connectivity index (χ1) is 11.0. The Bertz CT molecular complexity index is 787. The first-order valence-corrected chi connectivity index (χ1v) is 7.74. The van der Waals surface area contributed by atoms with Gasteiger partial charge in [0.25, 0.3) is 11.5 Å². The van der Waals surface area contributed by atoms with Crippen LogP contribution in [0.5, 0.6) is 0 Å². The lowest BCUT2D eigenvalue weighted by atomic mass is 9.99. The summed E-state index contributed by atoms with van der Waals surface area (Å²) in [5, 5.41) is 0.00657. The molecule has 0 radical (unpaired) electrons. The van der Waals surface area contributed by atoms with Crippen molar-refractivity contribution in [1.29, 1.82) is 0 Å². The molecule has 1 unspecified atom stereocenters. The highest BCUT2D eigenvalue weighted by molar-refractivity contribution is 6.30. The van der Waals surface area contributed by atoms with Crippen LogP contribution in [0.1, 0.15) is 21.5 Å². The van der Waals surface area contributed by atoms with Crippen LogP contribution in [0.15, 0.2) is 41.3 Å². The van der Waals surface area contributed by atoms with E-state index < -0.39 is 5.56 Å². The van der Waals surface area contributed by atoms with Crippen LogP contribution in [0.4, 0.5) is 0 Å². The van der Waals surface area contributed by atoms with Crippen molar-refractivity contribution >= 4 is 17.5 Å². The van der Waals surface area contributed by atoms with Crippen LogP contribution in [-0.2, 0) is 17.8 Å². The van der Waals surface area contributed by atoms with E-state index in [0.717, 1.165) is 6.42 Å². The Kier molecular flexibility index (Phi) is 4.50. The van der Waals surface area contributed by atoms with Gasteiger partial charge in [-0.3, -0.25) is 9.59 Å². The number of carbonyl (C=O) groups excluding carboxylic acids is 1. The van der Waals surface area contributed by atoms with E-state index in [9.17, 15) is 9.59 Å². The molecule has 23 heavy (non-hydrogen) atoms. The largest absolute Gasteiger partial charge is 0.371 e. The van der Waals surface area contributed by atoms with Gasteiger partial charge in [-0.25, -0.2) is 0 Å². The summed E-state index contributed by atoms with van der Waals surface area (Å²) in [5.74, 6) is -0.203. The first-order valence-electron chi connectivity index (χ1n) is 7.36. The number of nitrogens with one attached hydrogen (secondary N) is 1. The van der Waals surface area contributed by atoms with Crippen LogP contribution in [0.25, 0.3) is 0 Å². The van der Waals surface area contributed by atoms with Gasteiger partial charge in [0.15, 0.2) is 0 Å². The Labute approximate surface area is 138 Å². The lowest BCUT2D eigenvalue weighted by Gasteiger charge is -2.29. The molecule has 2 aromatic rings. The molecule has 0 spiro atoms. The third-order valence-corrected chi connectivity index (χ3v) is 4.25. The number of aromatic amines is 1. The Hall–Kier alpha value is -2.11. The monoisotopic (exact) mass is 332 g/mol. The molecule has 1 N–H and O–H groups in total. The van der Waals surface area contributed by atoms with Crippen molar-refractivity contribution in [2.75, 3.05) is 13.6 Å². The normalized spacial score (nSPS) is 16.7. The first kappa shape index (κ1) is 15.8. The Morgan fingerprint density at radius 1 is 1.39 bits per heavy atom. The maximum atomic E-state index is 12.4. The molecule has 1 aliphatic heterocycles. The number of ether oxygens (including phenoxy) is 1. The van der Waals surface area contributed by atoms with Gasteiger partial charge in [-0.15, -0.1) is 0 Å². The van der Waals surface area contributed by atoms with E-state index in [1.54, 1.807) is 11.9 Å². The van der Waals surface area contributed by atoms with Crippen molar-refractivity contribution in [1.82, 2.24) is 9.88 Å². The topological polar surface area (TPSA) is 62.4 Å². The van der Waals surface area contributed by atoms with E-state index in [2.05, 4.69) is 17.1 Å². The molecular weight excluding hydrogens is 316 g/mol. The minimum absolute atomic E-state index is 0.00657. The van der Waals surface area contributed by atoms with E-state index in [4.69, 9.17) is 16.3 Å². The van der Waals surface area contributed by atoms with Crippen LogP contribution >= 0.6 is 11.6 Å². The van der Waals surface area contributed by atoms with Crippen LogP contribution in [0, 0.1) is 0 Å². The lowest BCUT2D eigenvalue weighted by molar-refractivity contribution is 0.00984. The minimum Gasteiger partial charge on any atom is -0.371 e. The zero-order chi connectivity index (χ0) is 16.4. The summed E-state index contributed by atoms with van der Waals surface area (Å²) in [4.78, 5) is 27.7. The maximum absolute atomic E-state index is 12.4. The average molecular weight is 333 g/mol. The van der Waals surface area contributed by atoms with Crippen molar-refractivity contribution < 1.29 is 9.53 Å². The molecule has 120 valence electrons. The molecule has 0 fully saturated rings. The van der Waals surface area contributed by atoms with Gasteiger partial charge >= 0.3 is 0 Å². The van der Waals surface area contributed by atoms with Gasteiger partial charge in [-0.05, 0) is 17.2 Å². The fraction of sp³-hybridized carbons (Fsp3) is 0.294. The summed E-state index contributed by atoms with van der Waals surface area (Å²) in [6, 6.07) is 9.55. The zero-order valence-electron chi connectivity index (χ0n) is 12.7. The number of halogens is 1. The number of nitrogens with zero attached hydrogens (tertiary/aromatic N) is 1. The predicted octanol–water partition coefficient (Wildman–Crippen LogP) is 2.24. The van der Waals surface area contributed by atoms with Crippen molar-refractivity contribution in [2.45, 2.75) is 19.1 Å². The number of aromatic nitrogens is 1. The summed E-state index contributed by atoms with van der Waals surface area (Å²) in [6.45, 7) is 1.04. The second-order valence-corrected chi connectivity index (χ2v) is 6.06. The van der Waals surface area contributed by atoms with E-state index in [-0.39, 0.29) is 17.0 Å². The van der Waals surface area contributed by atoms with Gasteiger partial charge in [0.1, 0.15) is 5.02 Å². The minimum atomic E-state index is -0.405. The van der Waals surface area contributed by atoms with E-state index >= 15 is 0 Å². The summed E-state index contributed by atoms with van der Waals surface area (Å²) in [7, 11) is 1.71. The molecule has 0 aliphatic carbocycles. The van der Waals surface area contributed by atoms with E-state index in [0.29, 0.717) is 18.7 Å². The average Bonchev–Trinajstić information content (AvgIpc) is 2.56. The molecule has 0 bridgehead atoms.